The smallest absolute Gasteiger partial charge is 0.335 e. The molecular weight excluding hydrogens is 512 g/mol. The number of nitrogens with zero attached hydrogens (tertiary/aromatic N) is 1. The van der Waals surface area contributed by atoms with E-state index in [1.165, 1.54) is 42.7 Å². The van der Waals surface area contributed by atoms with Gasteiger partial charge in [-0.05, 0) is 67.3 Å². The van der Waals surface area contributed by atoms with Crippen molar-refractivity contribution in [3.63, 3.8) is 0 Å². The lowest BCUT2D eigenvalue weighted by Crippen LogP contribution is -2.05. The van der Waals surface area contributed by atoms with Gasteiger partial charge in [0.1, 0.15) is 29.5 Å². The quantitative estimate of drug-likeness (QED) is 0.105. The van der Waals surface area contributed by atoms with E-state index in [2.05, 4.69) is 17.1 Å². The van der Waals surface area contributed by atoms with Crippen molar-refractivity contribution in [2.45, 2.75) is 51.6 Å². The summed E-state index contributed by atoms with van der Waals surface area (Å²) >= 11 is 0. The van der Waals surface area contributed by atoms with Crippen molar-refractivity contribution in [3.8, 4) is 17.2 Å². The average Bonchev–Trinajstić information content (AvgIpc) is 2.94. The Hall–Kier alpha value is -4.53. The summed E-state index contributed by atoms with van der Waals surface area (Å²) in [6.07, 6.45) is 10.00. The summed E-state index contributed by atoms with van der Waals surface area (Å²) in [5, 5.41) is 18.3. The maximum atomic E-state index is 11.2. The van der Waals surface area contributed by atoms with Gasteiger partial charge < -0.3 is 30.2 Å². The van der Waals surface area contributed by atoms with E-state index in [0.29, 0.717) is 29.5 Å². The summed E-state index contributed by atoms with van der Waals surface area (Å²) in [6.45, 7) is 0.535. The van der Waals surface area contributed by atoms with Crippen LogP contribution in [-0.2, 0) is 17.8 Å². The number of aliphatic carboxylic acids is 1. The Morgan fingerprint density at radius 2 is 1.60 bits per heavy atom. The monoisotopic (exact) mass is 548 g/mol. The molecule has 1 heterocycles. The number of nitrogen functional groups attached to an aromatic ring is 1. The molecule has 9 nitrogen and oxygen atoms in total. The molecule has 40 heavy (non-hydrogen) atoms. The summed E-state index contributed by atoms with van der Waals surface area (Å²) < 4.78 is 16.8. The van der Waals surface area contributed by atoms with Gasteiger partial charge in [0.05, 0.1) is 25.0 Å². The van der Waals surface area contributed by atoms with Crippen LogP contribution in [0.25, 0.3) is 6.08 Å². The van der Waals surface area contributed by atoms with Gasteiger partial charge in [0, 0.05) is 17.8 Å². The number of hydrogen-bond acceptors (Lipinski definition) is 7. The Labute approximate surface area is 234 Å². The minimum atomic E-state index is -1.11. The third-order valence-electron chi connectivity index (χ3n) is 6.17. The molecule has 0 spiro atoms. The number of aromatic nitrogens is 1. The van der Waals surface area contributed by atoms with E-state index in [0.717, 1.165) is 43.9 Å². The Bertz CT molecular complexity index is 1290. The molecule has 0 saturated heterocycles. The van der Waals surface area contributed by atoms with Crippen molar-refractivity contribution < 1.29 is 34.0 Å². The SMILES string of the molecule is COc1ccc(CCCCCCCCOc2ccc(COc3cc(N)cc(C(=O)O)c3)nc2C=CC(=O)O)cc1. The molecular formula is C31H36N2O7. The van der Waals surface area contributed by atoms with Crippen LogP contribution in [0.3, 0.4) is 0 Å². The van der Waals surface area contributed by atoms with E-state index in [9.17, 15) is 14.7 Å². The molecule has 0 bridgehead atoms. The second-order valence-electron chi connectivity index (χ2n) is 9.31. The summed E-state index contributed by atoms with van der Waals surface area (Å²) in [7, 11) is 1.67. The lowest BCUT2D eigenvalue weighted by Gasteiger charge is -2.12. The van der Waals surface area contributed by atoms with Gasteiger partial charge in [0.15, 0.2) is 0 Å². The molecule has 0 aliphatic carbocycles. The van der Waals surface area contributed by atoms with Gasteiger partial charge >= 0.3 is 11.9 Å². The highest BCUT2D eigenvalue weighted by Crippen LogP contribution is 2.23. The molecule has 0 fully saturated rings. The highest BCUT2D eigenvalue weighted by atomic mass is 16.5. The number of carbonyl (C=O) groups is 2. The van der Waals surface area contributed by atoms with Crippen LogP contribution < -0.4 is 19.9 Å². The lowest BCUT2D eigenvalue weighted by atomic mass is 10.0. The number of ether oxygens (including phenoxy) is 3. The second-order valence-corrected chi connectivity index (χ2v) is 9.31. The highest BCUT2D eigenvalue weighted by molar-refractivity contribution is 5.89. The zero-order chi connectivity index (χ0) is 28.7. The molecule has 0 aliphatic rings. The average molecular weight is 549 g/mol. The molecule has 1 aromatic heterocycles. The summed E-state index contributed by atoms with van der Waals surface area (Å²) in [6, 6.07) is 15.9. The van der Waals surface area contributed by atoms with Crippen LogP contribution in [0.15, 0.2) is 60.7 Å². The molecule has 3 rings (SSSR count). The minimum absolute atomic E-state index is 0.0188. The number of benzene rings is 2. The van der Waals surface area contributed by atoms with Gasteiger partial charge in [-0.15, -0.1) is 0 Å². The first-order valence-corrected chi connectivity index (χ1v) is 13.3. The normalized spacial score (nSPS) is 10.9. The van der Waals surface area contributed by atoms with E-state index in [4.69, 9.17) is 25.1 Å². The fourth-order valence-corrected chi connectivity index (χ4v) is 4.08. The van der Waals surface area contributed by atoms with Gasteiger partial charge in [0.2, 0.25) is 0 Å². The minimum Gasteiger partial charge on any atom is -0.497 e. The number of nitrogens with two attached hydrogens (primary N) is 1. The maximum Gasteiger partial charge on any atom is 0.335 e. The van der Waals surface area contributed by atoms with E-state index in [1.54, 1.807) is 19.2 Å². The number of carboxylic acid groups (broad SMARTS) is 2. The van der Waals surface area contributed by atoms with Crippen molar-refractivity contribution in [1.82, 2.24) is 4.98 Å². The zero-order valence-electron chi connectivity index (χ0n) is 22.7. The first-order valence-electron chi connectivity index (χ1n) is 13.3. The van der Waals surface area contributed by atoms with Crippen LogP contribution in [0, 0.1) is 0 Å². The summed E-state index contributed by atoms with van der Waals surface area (Å²) in [5.74, 6) is -0.547. The van der Waals surface area contributed by atoms with Crippen LogP contribution in [0.1, 0.15) is 65.8 Å². The van der Waals surface area contributed by atoms with Crippen molar-refractivity contribution in [1.29, 1.82) is 0 Å². The van der Waals surface area contributed by atoms with Gasteiger partial charge in [-0.1, -0.05) is 37.8 Å². The topological polar surface area (TPSA) is 141 Å². The van der Waals surface area contributed by atoms with Crippen molar-refractivity contribution in [2.75, 3.05) is 19.5 Å². The van der Waals surface area contributed by atoms with E-state index in [-0.39, 0.29) is 17.9 Å². The molecule has 3 aromatic rings. The fraction of sp³-hybridized carbons (Fsp3) is 0.323. The second kappa shape index (κ2) is 15.8. The number of anilines is 1. The number of rotatable bonds is 17. The number of hydrogen-bond donors (Lipinski definition) is 3. The lowest BCUT2D eigenvalue weighted by molar-refractivity contribution is -0.131. The van der Waals surface area contributed by atoms with Gasteiger partial charge in [-0.3, -0.25) is 0 Å². The van der Waals surface area contributed by atoms with Crippen molar-refractivity contribution >= 4 is 23.7 Å². The van der Waals surface area contributed by atoms with Crippen LogP contribution in [0.4, 0.5) is 5.69 Å². The van der Waals surface area contributed by atoms with Crippen LogP contribution >= 0.6 is 0 Å². The van der Waals surface area contributed by atoms with E-state index >= 15 is 0 Å². The predicted octanol–water partition coefficient (Wildman–Crippen LogP) is 6.01. The number of carboxylic acids is 2. The Morgan fingerprint density at radius 1 is 0.875 bits per heavy atom. The van der Waals surface area contributed by atoms with Gasteiger partial charge in [-0.25, -0.2) is 14.6 Å². The first kappa shape index (κ1) is 30.0. The van der Waals surface area contributed by atoms with E-state index < -0.39 is 11.9 Å². The molecule has 2 aromatic carbocycles. The Kier molecular flexibility index (Phi) is 11.8. The molecule has 0 amide bonds. The summed E-state index contributed by atoms with van der Waals surface area (Å²) in [5.41, 5.74) is 8.27. The molecule has 9 heteroatoms. The third kappa shape index (κ3) is 10.3. The fourth-order valence-electron chi connectivity index (χ4n) is 4.08. The highest BCUT2D eigenvalue weighted by Gasteiger charge is 2.10. The zero-order valence-corrected chi connectivity index (χ0v) is 22.7. The van der Waals surface area contributed by atoms with E-state index in [1.807, 2.05) is 12.1 Å². The molecule has 0 aliphatic heterocycles. The number of methoxy groups -OCH3 is 1. The third-order valence-corrected chi connectivity index (χ3v) is 6.17. The molecule has 4 N–H and O–H groups in total. The van der Waals surface area contributed by atoms with Crippen LogP contribution in [0.5, 0.6) is 17.2 Å². The molecule has 212 valence electrons. The number of aryl methyl sites for hydroxylation is 1. The van der Waals surface area contributed by atoms with Crippen molar-refractivity contribution in [3.05, 3.63) is 83.2 Å². The summed E-state index contributed by atoms with van der Waals surface area (Å²) in [4.78, 5) is 26.8. The van der Waals surface area contributed by atoms with Gasteiger partial charge in [0.25, 0.3) is 0 Å². The van der Waals surface area contributed by atoms with Gasteiger partial charge in [-0.2, -0.15) is 0 Å². The van der Waals surface area contributed by atoms with Crippen molar-refractivity contribution in [2.24, 2.45) is 0 Å². The molecule has 0 atom stereocenters. The molecule has 0 saturated carbocycles. The Morgan fingerprint density at radius 3 is 2.30 bits per heavy atom. The molecule has 0 unspecified atom stereocenters. The predicted molar refractivity (Wildman–Crippen MR) is 153 cm³/mol. The van der Waals surface area contributed by atoms with Crippen LogP contribution in [-0.4, -0.2) is 40.9 Å². The largest absolute Gasteiger partial charge is 0.497 e. The van der Waals surface area contributed by atoms with Crippen LogP contribution in [0.2, 0.25) is 0 Å². The number of pyridine rings is 1. The molecule has 0 radical (unpaired) electrons. The number of aromatic carboxylic acids is 1. The first-order chi connectivity index (χ1) is 19.3. The standard InChI is InChI=1S/C31H36N2O7/c1-38-26-12-9-22(10-13-26)8-6-4-2-3-5-7-17-39-29-15-11-25(33-28(29)14-16-30(34)35)21-40-27-19-23(31(36)37)18-24(32)20-27/h9-16,18-20H,2-8,17,21,32H2,1H3,(H,34,35)(H,36,37). The number of unbranched alkanes of at least 4 members (excludes halogenated alkanes) is 5. The maximum absolute atomic E-state index is 11.2. The Balaban J connectivity index is 1.43.